The van der Waals surface area contributed by atoms with Gasteiger partial charge in [-0.3, -0.25) is 9.59 Å². The van der Waals surface area contributed by atoms with Crippen LogP contribution in [0, 0.1) is 0 Å². The average molecular weight is 416 g/mol. The fourth-order valence-electron chi connectivity index (χ4n) is 2.94. The van der Waals surface area contributed by atoms with Crippen molar-refractivity contribution >= 4 is 5.91 Å². The highest BCUT2D eigenvalue weighted by atomic mass is 16.5. The molecule has 9 heteroatoms. The second-order valence-corrected chi connectivity index (χ2v) is 6.62. The quantitative estimate of drug-likeness (QED) is 0.494. The Labute approximate surface area is 177 Å². The van der Waals surface area contributed by atoms with E-state index in [0.717, 1.165) is 17.0 Å². The summed E-state index contributed by atoms with van der Waals surface area (Å²) in [7, 11) is 1.60. The zero-order valence-electron chi connectivity index (χ0n) is 16.8. The maximum absolute atomic E-state index is 12.4. The molecule has 31 heavy (non-hydrogen) atoms. The summed E-state index contributed by atoms with van der Waals surface area (Å²) in [6.07, 6.45) is 1.40. The summed E-state index contributed by atoms with van der Waals surface area (Å²) in [6, 6.07) is 19.8. The Balaban J connectivity index is 1.39. The van der Waals surface area contributed by atoms with Crippen molar-refractivity contribution in [3.63, 3.8) is 0 Å². The number of benzene rings is 2. The Hall–Kier alpha value is -4.27. The smallest absolute Gasteiger partial charge is 0.273 e. The van der Waals surface area contributed by atoms with Crippen molar-refractivity contribution in [2.24, 2.45) is 0 Å². The summed E-state index contributed by atoms with van der Waals surface area (Å²) in [4.78, 5) is 25.9. The number of para-hydroxylation sites is 1. The summed E-state index contributed by atoms with van der Waals surface area (Å²) >= 11 is 0. The van der Waals surface area contributed by atoms with Crippen LogP contribution in [-0.4, -0.2) is 44.3 Å². The van der Waals surface area contributed by atoms with Gasteiger partial charge < -0.3 is 10.1 Å². The number of hydrogen-bond acceptors (Lipinski definition) is 6. The van der Waals surface area contributed by atoms with E-state index >= 15 is 0 Å². The largest absolute Gasteiger partial charge is 0.497 e. The highest BCUT2D eigenvalue weighted by Crippen LogP contribution is 2.19. The lowest BCUT2D eigenvalue weighted by Gasteiger charge is -2.08. The topological polar surface area (TPSA) is 104 Å². The molecule has 4 rings (SSSR count). The minimum absolute atomic E-state index is 0.191. The molecule has 0 aliphatic heterocycles. The number of methoxy groups -OCH3 is 1. The third-order valence-corrected chi connectivity index (χ3v) is 4.57. The van der Waals surface area contributed by atoms with E-state index in [1.165, 1.54) is 21.7 Å². The van der Waals surface area contributed by atoms with Gasteiger partial charge in [0.15, 0.2) is 5.69 Å². The van der Waals surface area contributed by atoms with Gasteiger partial charge in [0, 0.05) is 18.2 Å². The molecular weight excluding hydrogens is 396 g/mol. The van der Waals surface area contributed by atoms with Crippen LogP contribution in [0.3, 0.4) is 0 Å². The van der Waals surface area contributed by atoms with E-state index in [0.29, 0.717) is 5.69 Å². The molecule has 1 amide bonds. The van der Waals surface area contributed by atoms with Crippen molar-refractivity contribution < 1.29 is 9.53 Å². The molecular formula is C22H20N6O3. The van der Waals surface area contributed by atoms with Crippen LogP contribution >= 0.6 is 0 Å². The van der Waals surface area contributed by atoms with E-state index in [4.69, 9.17) is 4.74 Å². The summed E-state index contributed by atoms with van der Waals surface area (Å²) in [5.74, 6) is 0.366. The maximum Gasteiger partial charge on any atom is 0.273 e. The first-order valence-electron chi connectivity index (χ1n) is 9.62. The Bertz CT molecular complexity index is 1230. The minimum Gasteiger partial charge on any atom is -0.497 e. The number of carbonyl (C=O) groups excluding carboxylic acids is 1. The molecule has 2 heterocycles. The van der Waals surface area contributed by atoms with Crippen LogP contribution in [0.5, 0.6) is 5.75 Å². The van der Waals surface area contributed by atoms with E-state index in [2.05, 4.69) is 20.6 Å². The maximum atomic E-state index is 12.4. The third-order valence-electron chi connectivity index (χ3n) is 4.57. The summed E-state index contributed by atoms with van der Waals surface area (Å²) in [5, 5.41) is 15.4. The van der Waals surface area contributed by atoms with Gasteiger partial charge in [-0.25, -0.2) is 4.68 Å². The number of aromatic nitrogens is 5. The van der Waals surface area contributed by atoms with Crippen LogP contribution in [0.2, 0.25) is 0 Å². The second-order valence-electron chi connectivity index (χ2n) is 6.62. The number of amides is 1. The monoisotopic (exact) mass is 416 g/mol. The normalized spacial score (nSPS) is 10.6. The predicted molar refractivity (Wildman–Crippen MR) is 114 cm³/mol. The summed E-state index contributed by atoms with van der Waals surface area (Å²) in [6.45, 7) is 0.442. The first-order chi connectivity index (χ1) is 15.1. The van der Waals surface area contributed by atoms with Crippen molar-refractivity contribution in [2.45, 2.75) is 6.54 Å². The number of carbonyl (C=O) groups is 1. The highest BCUT2D eigenvalue weighted by molar-refractivity contribution is 5.91. The van der Waals surface area contributed by atoms with Gasteiger partial charge in [0.25, 0.3) is 11.5 Å². The molecule has 0 unspecified atom stereocenters. The van der Waals surface area contributed by atoms with Crippen LogP contribution < -0.4 is 15.6 Å². The van der Waals surface area contributed by atoms with Gasteiger partial charge in [-0.1, -0.05) is 18.2 Å². The molecule has 156 valence electrons. The number of rotatable bonds is 7. The molecule has 2 aromatic heterocycles. The molecule has 0 saturated carbocycles. The van der Waals surface area contributed by atoms with Gasteiger partial charge in [-0.05, 0) is 42.5 Å². The van der Waals surface area contributed by atoms with Crippen molar-refractivity contribution in [1.82, 2.24) is 30.1 Å². The molecule has 0 fully saturated rings. The molecule has 0 atom stereocenters. The predicted octanol–water partition coefficient (Wildman–Crippen LogP) is 1.93. The minimum atomic E-state index is -0.374. The van der Waals surface area contributed by atoms with Gasteiger partial charge in [-0.2, -0.15) is 15.0 Å². The molecule has 0 saturated heterocycles. The lowest BCUT2D eigenvalue weighted by molar-refractivity contribution is 0.0946. The van der Waals surface area contributed by atoms with Crippen molar-refractivity contribution in [2.75, 3.05) is 13.7 Å². The van der Waals surface area contributed by atoms with Gasteiger partial charge in [-0.15, -0.1) is 5.10 Å². The van der Waals surface area contributed by atoms with E-state index in [1.54, 1.807) is 13.2 Å². The second kappa shape index (κ2) is 9.04. The lowest BCUT2D eigenvalue weighted by atomic mass is 10.1. The Morgan fingerprint density at radius 2 is 1.77 bits per heavy atom. The summed E-state index contributed by atoms with van der Waals surface area (Å²) < 4.78 is 6.48. The molecule has 2 aromatic carbocycles. The number of hydrogen-bond donors (Lipinski definition) is 1. The van der Waals surface area contributed by atoms with E-state index in [1.807, 2.05) is 54.6 Å². The molecule has 4 aromatic rings. The molecule has 0 aliphatic rings. The SMILES string of the molecule is COc1ccc(-c2ccc(=O)n(CCNC(=O)c3cnn(-c4ccccc4)n3)n2)cc1. The van der Waals surface area contributed by atoms with E-state index in [-0.39, 0.29) is 30.2 Å². The number of ether oxygens (including phenoxy) is 1. The van der Waals surface area contributed by atoms with Crippen molar-refractivity contribution in [3.8, 4) is 22.7 Å². The van der Waals surface area contributed by atoms with Crippen LogP contribution in [0.1, 0.15) is 10.5 Å². The average Bonchev–Trinajstić information content (AvgIpc) is 3.31. The van der Waals surface area contributed by atoms with Gasteiger partial charge in [0.05, 0.1) is 31.2 Å². The zero-order valence-corrected chi connectivity index (χ0v) is 16.8. The van der Waals surface area contributed by atoms with Crippen LogP contribution in [-0.2, 0) is 6.54 Å². The molecule has 0 spiro atoms. The standard InChI is InChI=1S/C22H20N6O3/c1-31-18-9-7-16(8-10-18)19-11-12-21(29)27(25-19)14-13-23-22(30)20-15-24-28(26-20)17-5-3-2-4-6-17/h2-12,15H,13-14H2,1H3,(H,23,30). The Morgan fingerprint density at radius 1 is 1.00 bits per heavy atom. The third kappa shape index (κ3) is 4.67. The molecule has 1 N–H and O–H groups in total. The molecule has 9 nitrogen and oxygen atoms in total. The van der Waals surface area contributed by atoms with Crippen LogP contribution in [0.25, 0.3) is 16.9 Å². The van der Waals surface area contributed by atoms with Crippen molar-refractivity contribution in [3.05, 3.63) is 89.0 Å². The number of nitrogens with zero attached hydrogens (tertiary/aromatic N) is 5. The molecule has 0 aliphatic carbocycles. The fourth-order valence-corrected chi connectivity index (χ4v) is 2.94. The lowest BCUT2D eigenvalue weighted by Crippen LogP contribution is -2.32. The first kappa shape index (κ1) is 20.0. The van der Waals surface area contributed by atoms with E-state index in [9.17, 15) is 9.59 Å². The fraction of sp³-hybridized carbons (Fsp3) is 0.136. The van der Waals surface area contributed by atoms with E-state index < -0.39 is 0 Å². The molecule has 0 radical (unpaired) electrons. The first-order valence-corrected chi connectivity index (χ1v) is 9.62. The Kier molecular flexibility index (Phi) is 5.84. The van der Waals surface area contributed by atoms with Gasteiger partial charge in [0.1, 0.15) is 5.75 Å². The van der Waals surface area contributed by atoms with Crippen LogP contribution in [0.15, 0.2) is 77.7 Å². The molecule has 0 bridgehead atoms. The van der Waals surface area contributed by atoms with Crippen molar-refractivity contribution in [1.29, 1.82) is 0 Å². The Morgan fingerprint density at radius 3 is 2.52 bits per heavy atom. The van der Waals surface area contributed by atoms with Gasteiger partial charge >= 0.3 is 0 Å². The summed E-state index contributed by atoms with van der Waals surface area (Å²) in [5.41, 5.74) is 2.21. The highest BCUT2D eigenvalue weighted by Gasteiger charge is 2.11. The number of nitrogens with one attached hydrogen (secondary N) is 1. The van der Waals surface area contributed by atoms with Gasteiger partial charge in [0.2, 0.25) is 0 Å². The van der Waals surface area contributed by atoms with Crippen LogP contribution in [0.4, 0.5) is 0 Å². The zero-order chi connectivity index (χ0) is 21.6.